The van der Waals surface area contributed by atoms with Crippen LogP contribution in [0.5, 0.6) is 0 Å². The van der Waals surface area contributed by atoms with Crippen LogP contribution in [0.2, 0.25) is 0 Å². The van der Waals surface area contributed by atoms with Gasteiger partial charge in [-0.2, -0.15) is 5.10 Å². The van der Waals surface area contributed by atoms with Crippen molar-refractivity contribution in [2.75, 3.05) is 0 Å². The van der Waals surface area contributed by atoms with E-state index in [0.717, 1.165) is 12.8 Å². The average molecular weight is 179 g/mol. The summed E-state index contributed by atoms with van der Waals surface area (Å²) in [5.74, 6) is 0.641. The van der Waals surface area contributed by atoms with E-state index >= 15 is 0 Å². The van der Waals surface area contributed by atoms with Crippen LogP contribution >= 0.6 is 0 Å². The Balaban J connectivity index is 2.25. The fraction of sp³-hybridized carbons (Fsp3) is 0.700. The van der Waals surface area contributed by atoms with Gasteiger partial charge in [-0.1, -0.05) is 0 Å². The fourth-order valence-electron chi connectivity index (χ4n) is 2.41. The van der Waals surface area contributed by atoms with E-state index in [-0.39, 0.29) is 0 Å². The molecular formula is C10H17N3. The van der Waals surface area contributed by atoms with Gasteiger partial charge in [-0.15, -0.1) is 0 Å². The normalized spacial score (nSPS) is 28.2. The summed E-state index contributed by atoms with van der Waals surface area (Å²) >= 11 is 0. The van der Waals surface area contributed by atoms with Gasteiger partial charge in [0.05, 0.1) is 6.20 Å². The van der Waals surface area contributed by atoms with E-state index in [0.29, 0.717) is 12.0 Å². The first-order valence-corrected chi connectivity index (χ1v) is 4.92. The second-order valence-corrected chi connectivity index (χ2v) is 4.11. The van der Waals surface area contributed by atoms with Crippen molar-refractivity contribution in [1.29, 1.82) is 0 Å². The molecule has 2 rings (SSSR count). The Labute approximate surface area is 78.9 Å². The number of rotatable bonds is 1. The third-order valence-corrected chi connectivity index (χ3v) is 3.04. The van der Waals surface area contributed by atoms with Crippen LogP contribution in [0.25, 0.3) is 0 Å². The van der Waals surface area contributed by atoms with Crippen LogP contribution in [0.1, 0.15) is 36.4 Å². The summed E-state index contributed by atoms with van der Waals surface area (Å²) in [4.78, 5) is 0. The second-order valence-electron chi connectivity index (χ2n) is 4.11. The van der Waals surface area contributed by atoms with Crippen molar-refractivity contribution in [3.8, 4) is 0 Å². The minimum Gasteiger partial charge on any atom is -0.328 e. The highest BCUT2D eigenvalue weighted by Crippen LogP contribution is 2.34. The summed E-state index contributed by atoms with van der Waals surface area (Å²) in [6.07, 6.45) is 5.45. The molecule has 0 aromatic carbocycles. The van der Waals surface area contributed by atoms with Crippen LogP contribution in [0.15, 0.2) is 6.20 Å². The number of hydrogen-bond acceptors (Lipinski definition) is 2. The minimum atomic E-state index is 0.402. The van der Waals surface area contributed by atoms with Gasteiger partial charge in [0.1, 0.15) is 0 Å². The zero-order valence-electron chi connectivity index (χ0n) is 8.33. The summed E-state index contributed by atoms with van der Waals surface area (Å²) < 4.78 is 2.00. The van der Waals surface area contributed by atoms with Gasteiger partial charge in [-0.3, -0.25) is 4.68 Å². The van der Waals surface area contributed by atoms with Gasteiger partial charge in [-0.25, -0.2) is 0 Å². The van der Waals surface area contributed by atoms with E-state index in [1.807, 2.05) is 17.9 Å². The molecule has 1 aliphatic carbocycles. The molecule has 13 heavy (non-hydrogen) atoms. The molecule has 0 saturated heterocycles. The Kier molecular flexibility index (Phi) is 2.12. The molecule has 0 aliphatic heterocycles. The first kappa shape index (κ1) is 8.75. The molecular weight excluding hydrogens is 162 g/mol. The predicted octanol–water partition coefficient (Wildman–Crippen LogP) is 1.32. The summed E-state index contributed by atoms with van der Waals surface area (Å²) in [6, 6.07) is 0.402. The van der Waals surface area contributed by atoms with E-state index in [2.05, 4.69) is 12.0 Å². The maximum atomic E-state index is 5.90. The van der Waals surface area contributed by atoms with E-state index in [1.54, 1.807) is 0 Å². The lowest BCUT2D eigenvalue weighted by Gasteiger charge is -2.11. The molecule has 3 nitrogen and oxygen atoms in total. The lowest BCUT2D eigenvalue weighted by Crippen LogP contribution is -2.15. The van der Waals surface area contributed by atoms with Gasteiger partial charge >= 0.3 is 0 Å². The van der Waals surface area contributed by atoms with Gasteiger partial charge in [-0.05, 0) is 31.7 Å². The average Bonchev–Trinajstić information content (AvgIpc) is 2.60. The van der Waals surface area contributed by atoms with E-state index in [9.17, 15) is 0 Å². The molecule has 3 heteroatoms. The van der Waals surface area contributed by atoms with Crippen LogP contribution in [0, 0.1) is 6.92 Å². The van der Waals surface area contributed by atoms with Crippen molar-refractivity contribution in [2.24, 2.45) is 12.8 Å². The molecule has 1 aromatic rings. The highest BCUT2D eigenvalue weighted by molar-refractivity contribution is 5.21. The maximum absolute atomic E-state index is 5.90. The van der Waals surface area contributed by atoms with Crippen molar-refractivity contribution < 1.29 is 0 Å². The molecule has 0 spiro atoms. The van der Waals surface area contributed by atoms with Crippen molar-refractivity contribution in [3.05, 3.63) is 17.5 Å². The highest BCUT2D eigenvalue weighted by Gasteiger charge is 2.26. The highest BCUT2D eigenvalue weighted by atomic mass is 15.3. The number of aromatic nitrogens is 2. The van der Waals surface area contributed by atoms with Crippen LogP contribution in [0.3, 0.4) is 0 Å². The maximum Gasteiger partial charge on any atom is 0.0521 e. The second kappa shape index (κ2) is 3.14. The molecule has 1 fully saturated rings. The molecule has 2 N–H and O–H groups in total. The smallest absolute Gasteiger partial charge is 0.0521 e. The number of aryl methyl sites for hydroxylation is 2. The molecule has 1 aromatic heterocycles. The Morgan fingerprint density at radius 2 is 2.31 bits per heavy atom. The van der Waals surface area contributed by atoms with Crippen LogP contribution in [-0.4, -0.2) is 15.8 Å². The number of nitrogens with zero attached hydrogens (tertiary/aromatic N) is 2. The van der Waals surface area contributed by atoms with Gasteiger partial charge in [0, 0.05) is 24.7 Å². The molecule has 0 bridgehead atoms. The Hall–Kier alpha value is -0.830. The predicted molar refractivity (Wildman–Crippen MR) is 52.5 cm³/mol. The zero-order chi connectivity index (χ0) is 9.42. The molecule has 1 heterocycles. The Bertz CT molecular complexity index is 284. The van der Waals surface area contributed by atoms with Crippen molar-refractivity contribution in [1.82, 2.24) is 9.78 Å². The van der Waals surface area contributed by atoms with Gasteiger partial charge < -0.3 is 5.73 Å². The van der Waals surface area contributed by atoms with Crippen LogP contribution in [-0.2, 0) is 7.05 Å². The third-order valence-electron chi connectivity index (χ3n) is 3.04. The van der Waals surface area contributed by atoms with Crippen molar-refractivity contribution in [3.63, 3.8) is 0 Å². The van der Waals surface area contributed by atoms with Crippen molar-refractivity contribution >= 4 is 0 Å². The standard InChI is InChI=1S/C10H17N3/c1-7-6-12-13(2)10(7)8-3-4-9(11)5-8/h6,8-9H,3-5,11H2,1-2H3. The SMILES string of the molecule is Cc1cnn(C)c1C1CCC(N)C1. The molecule has 2 atom stereocenters. The molecule has 2 unspecified atom stereocenters. The van der Waals surface area contributed by atoms with Crippen molar-refractivity contribution in [2.45, 2.75) is 38.1 Å². The van der Waals surface area contributed by atoms with Crippen LogP contribution in [0.4, 0.5) is 0 Å². The van der Waals surface area contributed by atoms with E-state index in [4.69, 9.17) is 5.73 Å². The van der Waals surface area contributed by atoms with Gasteiger partial charge in [0.15, 0.2) is 0 Å². The lowest BCUT2D eigenvalue weighted by atomic mass is 10.0. The third kappa shape index (κ3) is 1.48. The monoisotopic (exact) mass is 179 g/mol. The van der Waals surface area contributed by atoms with Crippen LogP contribution < -0.4 is 5.73 Å². The summed E-state index contributed by atoms with van der Waals surface area (Å²) in [5, 5.41) is 4.26. The van der Waals surface area contributed by atoms with E-state index < -0.39 is 0 Å². The summed E-state index contributed by atoms with van der Waals surface area (Å²) in [7, 11) is 2.02. The van der Waals surface area contributed by atoms with Gasteiger partial charge in [0.25, 0.3) is 0 Å². The molecule has 0 radical (unpaired) electrons. The largest absolute Gasteiger partial charge is 0.328 e. The first-order chi connectivity index (χ1) is 6.18. The molecule has 1 saturated carbocycles. The topological polar surface area (TPSA) is 43.8 Å². The lowest BCUT2D eigenvalue weighted by molar-refractivity contribution is 0.603. The fourth-order valence-corrected chi connectivity index (χ4v) is 2.41. The Morgan fingerprint density at radius 3 is 2.77 bits per heavy atom. The molecule has 1 aliphatic rings. The molecule has 0 amide bonds. The van der Waals surface area contributed by atoms with E-state index in [1.165, 1.54) is 17.7 Å². The molecule has 72 valence electrons. The first-order valence-electron chi connectivity index (χ1n) is 4.92. The summed E-state index contributed by atoms with van der Waals surface area (Å²) in [6.45, 7) is 2.13. The zero-order valence-corrected chi connectivity index (χ0v) is 8.33. The Morgan fingerprint density at radius 1 is 1.54 bits per heavy atom. The number of nitrogens with two attached hydrogens (primary N) is 1. The summed E-state index contributed by atoms with van der Waals surface area (Å²) in [5.41, 5.74) is 8.59. The van der Waals surface area contributed by atoms with Gasteiger partial charge in [0.2, 0.25) is 0 Å². The number of hydrogen-bond donors (Lipinski definition) is 1. The quantitative estimate of drug-likeness (QED) is 0.706. The minimum absolute atomic E-state index is 0.402.